The number of non-ortho nitro benzene ring substituents is 1. The van der Waals surface area contributed by atoms with Crippen LogP contribution in [0.3, 0.4) is 0 Å². The van der Waals surface area contributed by atoms with Crippen LogP contribution in [-0.2, 0) is 0 Å². The molecule has 0 saturated carbocycles. The third-order valence-electron chi connectivity index (χ3n) is 5.38. The van der Waals surface area contributed by atoms with Gasteiger partial charge >= 0.3 is 0 Å². The molecule has 3 rings (SSSR count). The Morgan fingerprint density at radius 2 is 1.45 bits per heavy atom. The summed E-state index contributed by atoms with van der Waals surface area (Å²) in [6, 6.07) is 21.8. The summed E-state index contributed by atoms with van der Waals surface area (Å²) in [4.78, 5) is 10.5. The third-order valence-corrected chi connectivity index (χ3v) is 5.38. The van der Waals surface area contributed by atoms with Crippen LogP contribution in [0.1, 0.15) is 55.0 Å². The van der Waals surface area contributed by atoms with Crippen LogP contribution in [0.25, 0.3) is 0 Å². The predicted octanol–water partition coefficient (Wildman–Crippen LogP) is 6.00. The zero-order valence-corrected chi connectivity index (χ0v) is 18.0. The van der Waals surface area contributed by atoms with Crippen LogP contribution in [0.5, 0.6) is 5.75 Å². The van der Waals surface area contributed by atoms with E-state index in [9.17, 15) is 15.2 Å². The first kappa shape index (κ1) is 22.3. The highest BCUT2D eigenvalue weighted by atomic mass is 16.6. The normalized spacial score (nSPS) is 12.9. The molecule has 0 bridgehead atoms. The molecule has 0 radical (unpaired) electrons. The van der Waals surface area contributed by atoms with Gasteiger partial charge in [-0.1, -0.05) is 50.2 Å². The molecule has 0 heterocycles. The molecular formula is C25H28N2O4. The molecule has 0 amide bonds. The highest BCUT2D eigenvalue weighted by Crippen LogP contribution is 2.31. The fourth-order valence-corrected chi connectivity index (χ4v) is 3.46. The minimum absolute atomic E-state index is 0.0432. The molecule has 2 unspecified atom stereocenters. The Morgan fingerprint density at radius 1 is 0.903 bits per heavy atom. The van der Waals surface area contributed by atoms with Crippen molar-refractivity contribution in [3.8, 4) is 5.75 Å². The molecule has 2 atom stereocenters. The number of aliphatic hydroxyl groups excluding tert-OH is 1. The Bertz CT molecular complexity index is 984. The smallest absolute Gasteiger partial charge is 0.269 e. The molecule has 2 N–H and O–H groups in total. The summed E-state index contributed by atoms with van der Waals surface area (Å²) < 4.78 is 5.19. The molecular weight excluding hydrogens is 392 g/mol. The SMILES string of the molecule is COc1ccc(C(O)CC(Nc2ccc([N+](=O)[O-])cc2)c2ccc(C(C)C)cc2)cc1. The third kappa shape index (κ3) is 5.83. The van der Waals surface area contributed by atoms with Crippen LogP contribution in [0.4, 0.5) is 11.4 Å². The molecule has 0 spiro atoms. The molecule has 0 saturated heterocycles. The summed E-state index contributed by atoms with van der Waals surface area (Å²) in [5.41, 5.74) is 3.88. The Balaban J connectivity index is 1.84. The van der Waals surface area contributed by atoms with Crippen LogP contribution in [0.15, 0.2) is 72.8 Å². The van der Waals surface area contributed by atoms with E-state index in [0.29, 0.717) is 12.3 Å². The van der Waals surface area contributed by atoms with E-state index >= 15 is 0 Å². The zero-order chi connectivity index (χ0) is 22.4. The van der Waals surface area contributed by atoms with Crippen molar-refractivity contribution in [2.24, 2.45) is 0 Å². The average Bonchev–Trinajstić information content (AvgIpc) is 2.79. The van der Waals surface area contributed by atoms with Crippen LogP contribution in [0.2, 0.25) is 0 Å². The minimum atomic E-state index is -0.689. The summed E-state index contributed by atoms with van der Waals surface area (Å²) in [6.45, 7) is 4.30. The van der Waals surface area contributed by atoms with E-state index in [2.05, 4.69) is 43.4 Å². The average molecular weight is 421 g/mol. The number of hydrogen-bond acceptors (Lipinski definition) is 5. The number of nitro benzene ring substituents is 1. The largest absolute Gasteiger partial charge is 0.497 e. The molecule has 6 heteroatoms. The van der Waals surface area contributed by atoms with Crippen molar-refractivity contribution < 1.29 is 14.8 Å². The monoisotopic (exact) mass is 420 g/mol. The second-order valence-corrected chi connectivity index (χ2v) is 7.85. The number of nitro groups is 1. The van der Waals surface area contributed by atoms with Crippen LogP contribution < -0.4 is 10.1 Å². The fourth-order valence-electron chi connectivity index (χ4n) is 3.46. The maximum Gasteiger partial charge on any atom is 0.269 e. The van der Waals surface area contributed by atoms with Gasteiger partial charge in [0.05, 0.1) is 24.2 Å². The lowest BCUT2D eigenvalue weighted by atomic mass is 9.94. The first-order chi connectivity index (χ1) is 14.9. The molecule has 0 aromatic heterocycles. The lowest BCUT2D eigenvalue weighted by Crippen LogP contribution is -2.15. The number of anilines is 1. The summed E-state index contributed by atoms with van der Waals surface area (Å²) in [6.07, 6.45) is -0.254. The Morgan fingerprint density at radius 3 is 1.97 bits per heavy atom. The first-order valence-electron chi connectivity index (χ1n) is 10.3. The van der Waals surface area contributed by atoms with E-state index in [-0.39, 0.29) is 11.7 Å². The molecule has 3 aromatic carbocycles. The van der Waals surface area contributed by atoms with E-state index in [1.807, 2.05) is 24.3 Å². The van der Waals surface area contributed by atoms with Crippen LogP contribution in [-0.4, -0.2) is 17.1 Å². The van der Waals surface area contributed by atoms with Gasteiger partial charge in [0.2, 0.25) is 0 Å². The van der Waals surface area contributed by atoms with E-state index < -0.39 is 11.0 Å². The lowest BCUT2D eigenvalue weighted by molar-refractivity contribution is -0.384. The minimum Gasteiger partial charge on any atom is -0.497 e. The number of rotatable bonds is 9. The van der Waals surface area contributed by atoms with Crippen molar-refractivity contribution in [1.82, 2.24) is 0 Å². The second kappa shape index (κ2) is 10.1. The van der Waals surface area contributed by atoms with E-state index in [1.165, 1.54) is 17.7 Å². The molecule has 162 valence electrons. The summed E-state index contributed by atoms with van der Waals surface area (Å²) in [5.74, 6) is 1.17. The number of nitrogens with one attached hydrogen (secondary N) is 1. The molecule has 31 heavy (non-hydrogen) atoms. The van der Waals surface area contributed by atoms with E-state index in [1.54, 1.807) is 19.2 Å². The van der Waals surface area contributed by atoms with Gasteiger partial charge in [-0.25, -0.2) is 0 Å². The van der Waals surface area contributed by atoms with Gasteiger partial charge in [-0.3, -0.25) is 10.1 Å². The van der Waals surface area contributed by atoms with E-state index in [0.717, 1.165) is 22.6 Å². The number of methoxy groups -OCH3 is 1. The molecule has 0 aliphatic rings. The number of ether oxygens (including phenoxy) is 1. The Labute approximate surface area is 182 Å². The molecule has 0 aliphatic heterocycles. The van der Waals surface area contributed by atoms with Gasteiger partial charge in [-0.15, -0.1) is 0 Å². The van der Waals surface area contributed by atoms with Gasteiger partial charge in [-0.05, 0) is 46.9 Å². The lowest BCUT2D eigenvalue weighted by Gasteiger charge is -2.24. The molecule has 0 fully saturated rings. The van der Waals surface area contributed by atoms with Crippen molar-refractivity contribution in [3.05, 3.63) is 99.6 Å². The Hall–Kier alpha value is -3.38. The predicted molar refractivity (Wildman–Crippen MR) is 123 cm³/mol. The Kier molecular flexibility index (Phi) is 7.26. The van der Waals surface area contributed by atoms with Gasteiger partial charge in [0.1, 0.15) is 5.75 Å². The number of aliphatic hydroxyl groups is 1. The molecule has 0 aliphatic carbocycles. The summed E-state index contributed by atoms with van der Waals surface area (Å²) >= 11 is 0. The number of hydrogen-bond donors (Lipinski definition) is 2. The molecule has 3 aromatic rings. The van der Waals surface area contributed by atoms with Crippen LogP contribution in [0, 0.1) is 10.1 Å². The quantitative estimate of drug-likeness (QED) is 0.327. The number of benzene rings is 3. The zero-order valence-electron chi connectivity index (χ0n) is 18.0. The van der Waals surface area contributed by atoms with Crippen molar-refractivity contribution in [1.29, 1.82) is 0 Å². The van der Waals surface area contributed by atoms with E-state index in [4.69, 9.17) is 4.74 Å². The van der Waals surface area contributed by atoms with Crippen LogP contribution >= 0.6 is 0 Å². The molecule has 6 nitrogen and oxygen atoms in total. The maximum absolute atomic E-state index is 10.9. The maximum atomic E-state index is 10.9. The van der Waals surface area contributed by atoms with Gasteiger partial charge in [0.25, 0.3) is 5.69 Å². The highest BCUT2D eigenvalue weighted by molar-refractivity contribution is 5.50. The highest BCUT2D eigenvalue weighted by Gasteiger charge is 2.19. The number of nitrogens with zero attached hydrogens (tertiary/aromatic N) is 1. The van der Waals surface area contributed by atoms with Gasteiger partial charge < -0.3 is 15.2 Å². The van der Waals surface area contributed by atoms with Gasteiger partial charge in [0, 0.05) is 24.2 Å². The summed E-state index contributed by atoms with van der Waals surface area (Å²) in [5, 5.41) is 25.2. The second-order valence-electron chi connectivity index (χ2n) is 7.85. The van der Waals surface area contributed by atoms with Gasteiger partial charge in [-0.2, -0.15) is 0 Å². The van der Waals surface area contributed by atoms with Crippen molar-refractivity contribution in [2.45, 2.75) is 38.3 Å². The fraction of sp³-hybridized carbons (Fsp3) is 0.280. The topological polar surface area (TPSA) is 84.6 Å². The standard InChI is InChI=1S/C25H28N2O4/c1-17(2)18-4-6-19(7-5-18)24(26-21-10-12-22(13-11-21)27(29)30)16-25(28)20-8-14-23(31-3)15-9-20/h4-15,17,24-26,28H,16H2,1-3H3. The van der Waals surface area contributed by atoms with Crippen molar-refractivity contribution in [2.75, 3.05) is 12.4 Å². The first-order valence-corrected chi connectivity index (χ1v) is 10.3. The van der Waals surface area contributed by atoms with Crippen molar-refractivity contribution >= 4 is 11.4 Å². The van der Waals surface area contributed by atoms with Crippen molar-refractivity contribution in [3.63, 3.8) is 0 Å². The van der Waals surface area contributed by atoms with Gasteiger partial charge in [0.15, 0.2) is 0 Å². The summed E-state index contributed by atoms with van der Waals surface area (Å²) in [7, 11) is 1.61.